The van der Waals surface area contributed by atoms with Gasteiger partial charge in [0.15, 0.2) is 0 Å². The zero-order valence-electron chi connectivity index (χ0n) is 21.6. The van der Waals surface area contributed by atoms with Gasteiger partial charge in [-0.3, -0.25) is 14.4 Å². The fourth-order valence-electron chi connectivity index (χ4n) is 6.32. The summed E-state index contributed by atoms with van der Waals surface area (Å²) in [6, 6.07) is -0.947. The lowest BCUT2D eigenvalue weighted by Crippen LogP contribution is -2.43. The van der Waals surface area contributed by atoms with E-state index in [9.17, 15) is 19.5 Å². The van der Waals surface area contributed by atoms with E-state index >= 15 is 0 Å². The van der Waals surface area contributed by atoms with Crippen LogP contribution in [0.25, 0.3) is 0 Å². The Kier molecular flexibility index (Phi) is 6.23. The summed E-state index contributed by atoms with van der Waals surface area (Å²) in [6.07, 6.45) is 7.17. The Hall–Kier alpha value is -2.89. The lowest BCUT2D eigenvalue weighted by Gasteiger charge is -2.44. The molecule has 3 fully saturated rings. The maximum absolute atomic E-state index is 13.5. The Morgan fingerprint density at radius 2 is 1.37 bits per heavy atom. The number of rotatable bonds is 6. The molecule has 4 rings (SSSR count). The molecule has 3 N–H and O–H groups in total. The molecule has 0 radical (unpaired) electrons. The van der Waals surface area contributed by atoms with Gasteiger partial charge < -0.3 is 15.7 Å². The van der Waals surface area contributed by atoms with Crippen molar-refractivity contribution < 1.29 is 19.5 Å². The van der Waals surface area contributed by atoms with E-state index in [-0.39, 0.29) is 28.6 Å². The molecule has 1 atom stereocenters. The van der Waals surface area contributed by atoms with Gasteiger partial charge in [-0.2, -0.15) is 0 Å². The van der Waals surface area contributed by atoms with Gasteiger partial charge in [0.1, 0.15) is 6.04 Å². The van der Waals surface area contributed by atoms with Gasteiger partial charge in [0.2, 0.25) is 11.8 Å². The van der Waals surface area contributed by atoms with Gasteiger partial charge >= 0.3 is 5.97 Å². The van der Waals surface area contributed by atoms with Crippen LogP contribution >= 0.6 is 0 Å². The zero-order valence-corrected chi connectivity index (χ0v) is 21.6. The van der Waals surface area contributed by atoms with Crippen LogP contribution in [0.1, 0.15) is 73.1 Å². The van der Waals surface area contributed by atoms with Crippen LogP contribution < -0.4 is 10.6 Å². The first-order chi connectivity index (χ1) is 16.2. The molecule has 0 aliphatic heterocycles. The highest BCUT2D eigenvalue weighted by atomic mass is 16.4. The molecule has 6 nitrogen and oxygen atoms in total. The standard InChI is InChI=1S/C29H38N2O4/c1-15(14-22-16(2)28(4,5)12-13-29(22,6)7)30-25(32)23-18-8-9-19(23)21-11-10-20(18)24(21)26(33)31-17(3)27(34)35/h14,17,23-24H,1-2,8-13H2,3-7H3,(H,30,32)(H,31,33)(H,34,35)/b22-14+. The van der Waals surface area contributed by atoms with Crippen LogP contribution in [0.15, 0.2) is 58.4 Å². The molecule has 0 aromatic carbocycles. The Balaban J connectivity index is 1.54. The number of hydrogen-bond acceptors (Lipinski definition) is 3. The summed E-state index contributed by atoms with van der Waals surface area (Å²) in [5.41, 5.74) is 6.85. The van der Waals surface area contributed by atoms with Crippen LogP contribution in [0, 0.1) is 22.7 Å². The lowest BCUT2D eigenvalue weighted by molar-refractivity contribution is -0.141. The predicted molar refractivity (Wildman–Crippen MR) is 136 cm³/mol. The molecule has 6 heteroatoms. The van der Waals surface area contributed by atoms with Crippen molar-refractivity contribution in [2.45, 2.75) is 79.2 Å². The van der Waals surface area contributed by atoms with Gasteiger partial charge in [-0.25, -0.2) is 0 Å². The molecular weight excluding hydrogens is 440 g/mol. The zero-order chi connectivity index (χ0) is 25.9. The summed E-state index contributed by atoms with van der Waals surface area (Å²) in [4.78, 5) is 37.6. The summed E-state index contributed by atoms with van der Waals surface area (Å²) in [6.45, 7) is 18.8. The molecule has 4 bridgehead atoms. The number of nitrogens with one attached hydrogen (secondary N) is 2. The first kappa shape index (κ1) is 25.2. The van der Waals surface area contributed by atoms with E-state index in [0.717, 1.165) is 72.0 Å². The van der Waals surface area contributed by atoms with Crippen LogP contribution in [0.3, 0.4) is 0 Å². The second-order valence-corrected chi connectivity index (χ2v) is 11.9. The first-order valence-electron chi connectivity index (χ1n) is 12.6. The summed E-state index contributed by atoms with van der Waals surface area (Å²) in [5, 5.41) is 14.8. The second kappa shape index (κ2) is 8.65. The molecule has 188 valence electrons. The van der Waals surface area contributed by atoms with Gasteiger partial charge in [0, 0.05) is 5.70 Å². The average molecular weight is 479 g/mol. The third-order valence-corrected chi connectivity index (χ3v) is 8.65. The minimum atomic E-state index is -1.06. The number of allylic oxidation sites excluding steroid dienone is 3. The molecule has 35 heavy (non-hydrogen) atoms. The fraction of sp³-hybridized carbons (Fsp3) is 0.552. The van der Waals surface area contributed by atoms with E-state index in [2.05, 4.69) is 51.5 Å². The number of amides is 2. The summed E-state index contributed by atoms with van der Waals surface area (Å²) < 4.78 is 0. The van der Waals surface area contributed by atoms with E-state index in [1.165, 1.54) is 6.92 Å². The van der Waals surface area contributed by atoms with Crippen molar-refractivity contribution in [3.63, 3.8) is 0 Å². The Bertz CT molecular complexity index is 1100. The van der Waals surface area contributed by atoms with E-state index in [1.54, 1.807) is 0 Å². The lowest BCUT2D eigenvalue weighted by atomic mass is 9.61. The largest absolute Gasteiger partial charge is 0.480 e. The number of hydrogen-bond donors (Lipinski definition) is 3. The maximum Gasteiger partial charge on any atom is 0.325 e. The molecular formula is C29H38N2O4. The molecule has 0 saturated heterocycles. The number of carboxylic acids is 1. The Labute approximate surface area is 208 Å². The fourth-order valence-corrected chi connectivity index (χ4v) is 6.32. The van der Waals surface area contributed by atoms with Gasteiger partial charge in [0.25, 0.3) is 0 Å². The van der Waals surface area contributed by atoms with Crippen molar-refractivity contribution in [1.29, 1.82) is 0 Å². The number of carbonyl (C=O) groups excluding carboxylic acids is 2. The predicted octanol–water partition coefficient (Wildman–Crippen LogP) is 4.96. The van der Waals surface area contributed by atoms with E-state index in [4.69, 9.17) is 0 Å². The highest BCUT2D eigenvalue weighted by molar-refractivity contribution is 5.94. The molecule has 4 aliphatic carbocycles. The topological polar surface area (TPSA) is 95.5 Å². The second-order valence-electron chi connectivity index (χ2n) is 11.9. The molecule has 0 aromatic rings. The number of carboxylic acid groups (broad SMARTS) is 1. The molecule has 0 spiro atoms. The molecule has 1 unspecified atom stereocenters. The maximum atomic E-state index is 13.5. The van der Waals surface area contributed by atoms with Crippen molar-refractivity contribution >= 4 is 17.8 Å². The number of carbonyl (C=O) groups is 3. The van der Waals surface area contributed by atoms with Crippen molar-refractivity contribution in [2.24, 2.45) is 22.7 Å². The third-order valence-electron chi connectivity index (χ3n) is 8.65. The van der Waals surface area contributed by atoms with Crippen molar-refractivity contribution in [3.8, 4) is 0 Å². The van der Waals surface area contributed by atoms with Gasteiger partial charge in [-0.15, -0.1) is 0 Å². The summed E-state index contributed by atoms with van der Waals surface area (Å²) in [7, 11) is 0. The quantitative estimate of drug-likeness (QED) is 0.470. The van der Waals surface area contributed by atoms with Gasteiger partial charge in [-0.1, -0.05) is 63.1 Å². The van der Waals surface area contributed by atoms with Gasteiger partial charge in [-0.05, 0) is 73.5 Å². The molecule has 0 heterocycles. The van der Waals surface area contributed by atoms with E-state index < -0.39 is 17.9 Å². The van der Waals surface area contributed by atoms with Crippen LogP contribution in [-0.4, -0.2) is 28.9 Å². The van der Waals surface area contributed by atoms with E-state index in [1.807, 2.05) is 6.08 Å². The highest BCUT2D eigenvalue weighted by Gasteiger charge is 2.48. The van der Waals surface area contributed by atoms with Crippen LogP contribution in [0.2, 0.25) is 0 Å². The molecule has 3 saturated carbocycles. The Morgan fingerprint density at radius 1 is 0.914 bits per heavy atom. The van der Waals surface area contributed by atoms with Crippen LogP contribution in [0.5, 0.6) is 0 Å². The summed E-state index contributed by atoms with van der Waals surface area (Å²) in [5.74, 6) is -2.20. The van der Waals surface area contributed by atoms with Crippen molar-refractivity contribution in [3.05, 3.63) is 58.4 Å². The minimum absolute atomic E-state index is 0.0139. The number of aliphatic carboxylic acids is 1. The average Bonchev–Trinajstić information content (AvgIpc) is 3.30. The monoisotopic (exact) mass is 478 g/mol. The number of fused-ring (bicyclic) bond motifs is 4. The van der Waals surface area contributed by atoms with Gasteiger partial charge in [0.05, 0.1) is 11.8 Å². The first-order valence-corrected chi connectivity index (χ1v) is 12.6. The van der Waals surface area contributed by atoms with Crippen molar-refractivity contribution in [2.75, 3.05) is 0 Å². The van der Waals surface area contributed by atoms with Crippen LogP contribution in [0.4, 0.5) is 0 Å². The molecule has 4 aliphatic rings. The molecule has 0 aromatic heterocycles. The molecule has 2 amide bonds. The Morgan fingerprint density at radius 3 is 1.86 bits per heavy atom. The van der Waals surface area contributed by atoms with Crippen molar-refractivity contribution in [1.82, 2.24) is 10.6 Å². The smallest absolute Gasteiger partial charge is 0.325 e. The summed E-state index contributed by atoms with van der Waals surface area (Å²) >= 11 is 0. The third kappa shape index (κ3) is 4.32. The highest BCUT2D eigenvalue weighted by Crippen LogP contribution is 2.55. The minimum Gasteiger partial charge on any atom is -0.480 e. The normalized spacial score (nSPS) is 25.2. The van der Waals surface area contributed by atoms with Crippen LogP contribution in [-0.2, 0) is 14.4 Å². The van der Waals surface area contributed by atoms with E-state index in [0.29, 0.717) is 5.70 Å². The SMILES string of the molecule is C=C(/C=C1\C(=C)C(C)(C)CCC1(C)C)NC(=O)C1C2=C3CCC(=C1CC2)C3C(=O)NC(C)C(=O)O.